The van der Waals surface area contributed by atoms with Crippen LogP contribution in [0.25, 0.3) is 0 Å². The zero-order valence-corrected chi connectivity index (χ0v) is 20.7. The van der Waals surface area contributed by atoms with Gasteiger partial charge in [0.05, 0.1) is 30.0 Å². The molecule has 1 atom stereocenters. The van der Waals surface area contributed by atoms with Gasteiger partial charge in [0.25, 0.3) is 11.8 Å². The molecule has 0 bridgehead atoms. The Morgan fingerprint density at radius 2 is 1.82 bits per heavy atom. The maximum atomic E-state index is 12.7. The zero-order valence-electron chi connectivity index (χ0n) is 19.2. The van der Waals surface area contributed by atoms with Gasteiger partial charge in [0.2, 0.25) is 0 Å². The van der Waals surface area contributed by atoms with Crippen LogP contribution in [0, 0.1) is 5.92 Å². The summed E-state index contributed by atoms with van der Waals surface area (Å²) in [6.45, 7) is 8.64. The topological polar surface area (TPSA) is 89.0 Å². The lowest BCUT2D eigenvalue weighted by atomic mass is 10.0. The number of nitrogens with one attached hydrogen (secondary N) is 2. The largest absolute Gasteiger partial charge is 0.490 e. The first-order valence-electron chi connectivity index (χ1n) is 10.7. The van der Waals surface area contributed by atoms with E-state index in [1.165, 1.54) is 18.3 Å². The molecule has 1 unspecified atom stereocenters. The van der Waals surface area contributed by atoms with Crippen molar-refractivity contribution in [3.05, 3.63) is 57.6 Å². The minimum atomic E-state index is -0.815. The maximum absolute atomic E-state index is 12.7. The molecule has 0 aliphatic heterocycles. The quantitative estimate of drug-likeness (QED) is 0.337. The van der Waals surface area contributed by atoms with Gasteiger partial charge in [-0.25, -0.2) is 5.43 Å². The van der Waals surface area contributed by atoms with Gasteiger partial charge in [-0.1, -0.05) is 44.0 Å². The second-order valence-electron chi connectivity index (χ2n) is 7.54. The minimum Gasteiger partial charge on any atom is -0.490 e. The molecule has 7 nitrogen and oxygen atoms in total. The molecule has 0 aromatic heterocycles. The van der Waals surface area contributed by atoms with Gasteiger partial charge in [-0.15, -0.1) is 0 Å². The molecule has 0 heterocycles. The van der Waals surface area contributed by atoms with Crippen molar-refractivity contribution in [2.75, 3.05) is 13.2 Å². The Morgan fingerprint density at radius 3 is 2.45 bits per heavy atom. The van der Waals surface area contributed by atoms with Crippen molar-refractivity contribution in [1.29, 1.82) is 0 Å². The van der Waals surface area contributed by atoms with Crippen molar-refractivity contribution in [3.8, 4) is 11.5 Å². The molecule has 0 saturated heterocycles. The summed E-state index contributed by atoms with van der Waals surface area (Å²) >= 11 is 12.0. The molecule has 0 aliphatic carbocycles. The van der Waals surface area contributed by atoms with Crippen LogP contribution in [0.2, 0.25) is 10.0 Å². The van der Waals surface area contributed by atoms with Gasteiger partial charge >= 0.3 is 0 Å². The van der Waals surface area contributed by atoms with Crippen molar-refractivity contribution in [3.63, 3.8) is 0 Å². The molecule has 2 N–H and O–H groups in total. The van der Waals surface area contributed by atoms with Crippen molar-refractivity contribution in [2.45, 2.75) is 40.2 Å². The molecule has 0 aliphatic rings. The highest BCUT2D eigenvalue weighted by Crippen LogP contribution is 2.28. The average molecular weight is 494 g/mol. The van der Waals surface area contributed by atoms with E-state index in [9.17, 15) is 9.59 Å². The molecule has 33 heavy (non-hydrogen) atoms. The van der Waals surface area contributed by atoms with E-state index in [0.717, 1.165) is 12.0 Å². The first kappa shape index (κ1) is 26.5. The lowest BCUT2D eigenvalue weighted by molar-refractivity contribution is -0.123. The van der Waals surface area contributed by atoms with Gasteiger partial charge in [-0.05, 0) is 61.2 Å². The van der Waals surface area contributed by atoms with Gasteiger partial charge in [0.1, 0.15) is 6.04 Å². The van der Waals surface area contributed by atoms with Gasteiger partial charge in [-0.2, -0.15) is 5.10 Å². The third kappa shape index (κ3) is 7.94. The fraction of sp³-hybridized carbons (Fsp3) is 0.375. The number of carbonyl (C=O) groups is 2. The van der Waals surface area contributed by atoms with Crippen LogP contribution in [0.3, 0.4) is 0 Å². The van der Waals surface area contributed by atoms with Crippen LogP contribution in [0.1, 0.15) is 50.0 Å². The zero-order chi connectivity index (χ0) is 24.4. The van der Waals surface area contributed by atoms with E-state index in [1.54, 1.807) is 18.2 Å². The molecule has 0 saturated carbocycles. The number of amides is 2. The summed E-state index contributed by atoms with van der Waals surface area (Å²) in [6.07, 6.45) is 2.39. The fourth-order valence-corrected chi connectivity index (χ4v) is 3.37. The molecule has 2 aromatic carbocycles. The number of hydrogen-bond acceptors (Lipinski definition) is 5. The lowest BCUT2D eigenvalue weighted by Crippen LogP contribution is -2.48. The van der Waals surface area contributed by atoms with Crippen LogP contribution in [0.5, 0.6) is 11.5 Å². The first-order chi connectivity index (χ1) is 15.8. The Kier molecular flexibility index (Phi) is 10.5. The Bertz CT molecular complexity index is 996. The number of nitrogens with zero attached hydrogens (tertiary/aromatic N) is 1. The summed E-state index contributed by atoms with van der Waals surface area (Å²) in [5, 5.41) is 7.36. The smallest absolute Gasteiger partial charge is 0.262 e. The predicted octanol–water partition coefficient (Wildman–Crippen LogP) is 5.09. The van der Waals surface area contributed by atoms with Crippen LogP contribution in [0.15, 0.2) is 41.5 Å². The summed E-state index contributed by atoms with van der Waals surface area (Å²) in [6, 6.07) is 9.13. The molecular weight excluding hydrogens is 465 g/mol. The fourth-order valence-electron chi connectivity index (χ4n) is 2.87. The Hall–Kier alpha value is -2.77. The highest BCUT2D eigenvalue weighted by atomic mass is 35.5. The highest BCUT2D eigenvalue weighted by molar-refractivity contribution is 6.36. The maximum Gasteiger partial charge on any atom is 0.262 e. The van der Waals surface area contributed by atoms with Crippen LogP contribution >= 0.6 is 23.2 Å². The molecule has 0 radical (unpaired) electrons. The van der Waals surface area contributed by atoms with Crippen molar-refractivity contribution in [1.82, 2.24) is 10.7 Å². The Morgan fingerprint density at radius 1 is 1.06 bits per heavy atom. The minimum absolute atomic E-state index is 0.185. The van der Waals surface area contributed by atoms with E-state index >= 15 is 0 Å². The SMILES string of the molecule is CCCOc1ccc(/C=N\NC(=O)C(NC(=O)c2ccc(Cl)cc2Cl)C(C)C)cc1OCC. The van der Waals surface area contributed by atoms with Crippen LogP contribution < -0.4 is 20.2 Å². The van der Waals surface area contributed by atoms with E-state index < -0.39 is 17.9 Å². The number of hydrazone groups is 1. The van der Waals surface area contributed by atoms with E-state index in [0.29, 0.717) is 29.7 Å². The summed E-state index contributed by atoms with van der Waals surface area (Å²) in [7, 11) is 0. The lowest BCUT2D eigenvalue weighted by Gasteiger charge is -2.20. The second-order valence-corrected chi connectivity index (χ2v) is 8.38. The van der Waals surface area contributed by atoms with Crippen molar-refractivity contribution >= 4 is 41.2 Å². The van der Waals surface area contributed by atoms with E-state index in [-0.39, 0.29) is 16.5 Å². The van der Waals surface area contributed by atoms with Crippen LogP contribution in [-0.4, -0.2) is 37.3 Å². The summed E-state index contributed by atoms with van der Waals surface area (Å²) in [4.78, 5) is 25.3. The van der Waals surface area contributed by atoms with Crippen LogP contribution in [-0.2, 0) is 4.79 Å². The molecule has 0 spiro atoms. The van der Waals surface area contributed by atoms with E-state index in [2.05, 4.69) is 15.8 Å². The van der Waals surface area contributed by atoms with E-state index in [1.807, 2.05) is 33.8 Å². The molecule has 2 aromatic rings. The third-order valence-corrected chi connectivity index (χ3v) is 5.08. The predicted molar refractivity (Wildman–Crippen MR) is 132 cm³/mol. The first-order valence-corrected chi connectivity index (χ1v) is 11.5. The van der Waals surface area contributed by atoms with Gasteiger partial charge in [0.15, 0.2) is 11.5 Å². The highest BCUT2D eigenvalue weighted by Gasteiger charge is 2.25. The molecule has 2 rings (SSSR count). The number of rotatable bonds is 11. The monoisotopic (exact) mass is 493 g/mol. The molecule has 2 amide bonds. The molecule has 9 heteroatoms. The number of benzene rings is 2. The number of ether oxygens (including phenoxy) is 2. The molecule has 0 fully saturated rings. The van der Waals surface area contributed by atoms with E-state index in [4.69, 9.17) is 32.7 Å². The van der Waals surface area contributed by atoms with Gasteiger partial charge in [0, 0.05) is 5.02 Å². The third-order valence-electron chi connectivity index (χ3n) is 4.53. The number of halogens is 2. The molecule has 178 valence electrons. The average Bonchev–Trinajstić information content (AvgIpc) is 2.76. The standard InChI is InChI=1S/C24H29Cl2N3O4/c1-5-11-33-20-10-7-16(12-21(20)32-6-2)14-27-29-24(31)22(15(3)4)28-23(30)18-9-8-17(25)13-19(18)26/h7-10,12-15,22H,5-6,11H2,1-4H3,(H,28,30)(H,29,31)/b27-14-. The second kappa shape index (κ2) is 13.1. The number of hydrogen-bond donors (Lipinski definition) is 2. The van der Waals surface area contributed by atoms with Gasteiger partial charge < -0.3 is 14.8 Å². The summed E-state index contributed by atoms with van der Waals surface area (Å²) in [5.41, 5.74) is 3.44. The molecular formula is C24H29Cl2N3O4. The van der Waals surface area contributed by atoms with Crippen LogP contribution in [0.4, 0.5) is 0 Å². The van der Waals surface area contributed by atoms with Crippen molar-refractivity contribution in [2.24, 2.45) is 11.0 Å². The Balaban J connectivity index is 2.06. The normalized spacial score (nSPS) is 12.0. The number of carbonyl (C=O) groups excluding carboxylic acids is 2. The summed E-state index contributed by atoms with van der Waals surface area (Å²) < 4.78 is 11.3. The Labute approximate surface area is 204 Å². The summed E-state index contributed by atoms with van der Waals surface area (Å²) in [5.74, 6) is 0.151. The van der Waals surface area contributed by atoms with Crippen molar-refractivity contribution < 1.29 is 19.1 Å². The van der Waals surface area contributed by atoms with Gasteiger partial charge in [-0.3, -0.25) is 9.59 Å².